The molecule has 1 aliphatic heterocycles. The Morgan fingerprint density at radius 2 is 1.77 bits per heavy atom. The lowest BCUT2D eigenvalue weighted by Gasteiger charge is -2.31. The Bertz CT molecular complexity index is 1170. The number of hydrogen-bond acceptors (Lipinski definition) is 5. The van der Waals surface area contributed by atoms with Gasteiger partial charge in [0.2, 0.25) is 0 Å². The molecule has 1 aliphatic rings. The van der Waals surface area contributed by atoms with Gasteiger partial charge < -0.3 is 4.90 Å². The van der Waals surface area contributed by atoms with Gasteiger partial charge in [0.1, 0.15) is 5.82 Å². The van der Waals surface area contributed by atoms with Crippen LogP contribution in [-0.4, -0.2) is 31.7 Å². The lowest BCUT2D eigenvalue weighted by atomic mass is 10.1. The lowest BCUT2D eigenvalue weighted by molar-refractivity contribution is 0.529. The van der Waals surface area contributed by atoms with E-state index < -0.39 is 20.9 Å². The van der Waals surface area contributed by atoms with Crippen molar-refractivity contribution in [3.05, 3.63) is 62.7 Å². The normalized spacial score (nSPS) is 15.5. The van der Waals surface area contributed by atoms with Gasteiger partial charge in [-0.1, -0.05) is 34.8 Å². The first kappa shape index (κ1) is 21.8. The summed E-state index contributed by atoms with van der Waals surface area (Å²) in [4.78, 5) is 6.75. The van der Waals surface area contributed by atoms with Gasteiger partial charge in [0.25, 0.3) is 0 Å². The summed E-state index contributed by atoms with van der Waals surface area (Å²) in [5.74, 6) is -0.418. The second-order valence-electron chi connectivity index (χ2n) is 6.98. The van der Waals surface area contributed by atoms with Gasteiger partial charge in [0, 0.05) is 34.1 Å². The van der Waals surface area contributed by atoms with Crippen molar-refractivity contribution in [1.29, 1.82) is 0 Å². The van der Waals surface area contributed by atoms with Crippen molar-refractivity contribution in [2.75, 3.05) is 18.0 Å². The number of thiazole rings is 1. The number of nitrogens with zero attached hydrogens (tertiary/aromatic N) is 2. The van der Waals surface area contributed by atoms with Crippen molar-refractivity contribution in [3.63, 3.8) is 0 Å². The molecule has 0 saturated carbocycles. The highest BCUT2D eigenvalue weighted by Gasteiger charge is 2.33. The molecule has 0 bridgehead atoms. The molecule has 1 aromatic heterocycles. The second kappa shape index (κ2) is 8.63. The summed E-state index contributed by atoms with van der Waals surface area (Å²) >= 11 is 19.4. The van der Waals surface area contributed by atoms with Gasteiger partial charge in [-0.3, -0.25) is 0 Å². The summed E-state index contributed by atoms with van der Waals surface area (Å²) in [6.45, 7) is 1.10. The molecule has 0 amide bonds. The third kappa shape index (κ3) is 4.46. The number of benzene rings is 2. The van der Waals surface area contributed by atoms with Crippen LogP contribution in [-0.2, 0) is 9.84 Å². The number of aromatic nitrogens is 1. The van der Waals surface area contributed by atoms with Gasteiger partial charge in [-0.2, -0.15) is 0 Å². The minimum Gasteiger partial charge on any atom is -0.348 e. The quantitative estimate of drug-likeness (QED) is 0.414. The standard InChI is InChI=1S/C20H16Cl3FN2O2S2/c21-13-1-2-19(17(23)10-13)30(27,28)16-3-5-26(6-4-16)20-25-18(11-29-20)12-7-14(22)9-15(24)8-12/h1-2,7-11,16H,3-6H2. The molecule has 4 nitrogen and oxygen atoms in total. The zero-order valence-corrected chi connectivity index (χ0v) is 19.4. The van der Waals surface area contributed by atoms with Crippen LogP contribution in [0.15, 0.2) is 46.7 Å². The van der Waals surface area contributed by atoms with Crippen LogP contribution in [0.2, 0.25) is 15.1 Å². The zero-order valence-electron chi connectivity index (χ0n) is 15.5. The molecule has 0 aliphatic carbocycles. The predicted octanol–water partition coefficient (Wildman–Crippen LogP) is 6.35. The second-order valence-corrected chi connectivity index (χ2v) is 11.3. The maximum Gasteiger partial charge on any atom is 0.185 e. The van der Waals surface area contributed by atoms with Gasteiger partial charge in [-0.25, -0.2) is 17.8 Å². The Morgan fingerprint density at radius 1 is 1.03 bits per heavy atom. The SMILES string of the molecule is O=S(=O)(c1ccc(Cl)cc1Cl)C1CCN(c2nc(-c3cc(F)cc(Cl)c3)cs2)CC1. The van der Waals surface area contributed by atoms with Crippen molar-refractivity contribution < 1.29 is 12.8 Å². The first-order chi connectivity index (χ1) is 14.2. The van der Waals surface area contributed by atoms with Crippen LogP contribution in [0.3, 0.4) is 0 Å². The molecule has 0 spiro atoms. The summed E-state index contributed by atoms with van der Waals surface area (Å²) in [6.07, 6.45) is 0.921. The Hall–Kier alpha value is -1.38. The fourth-order valence-corrected chi connectivity index (χ4v) is 7.11. The average Bonchev–Trinajstić information content (AvgIpc) is 3.17. The molecule has 10 heteroatoms. The molecule has 158 valence electrons. The van der Waals surface area contributed by atoms with E-state index in [9.17, 15) is 12.8 Å². The number of sulfone groups is 1. The van der Waals surface area contributed by atoms with E-state index in [0.29, 0.717) is 47.2 Å². The summed E-state index contributed by atoms with van der Waals surface area (Å²) in [5, 5.41) is 2.94. The minimum atomic E-state index is -3.55. The predicted molar refractivity (Wildman–Crippen MR) is 121 cm³/mol. The van der Waals surface area contributed by atoms with Crippen LogP contribution in [0.5, 0.6) is 0 Å². The minimum absolute atomic E-state index is 0.117. The third-order valence-electron chi connectivity index (χ3n) is 5.00. The number of piperidine rings is 1. The molecule has 0 N–H and O–H groups in total. The zero-order chi connectivity index (χ0) is 21.5. The fraction of sp³-hybridized carbons (Fsp3) is 0.250. The molecule has 0 unspecified atom stereocenters. The summed E-state index contributed by atoms with van der Waals surface area (Å²) in [5.41, 5.74) is 1.25. The number of anilines is 1. The van der Waals surface area contributed by atoms with E-state index >= 15 is 0 Å². The van der Waals surface area contributed by atoms with Crippen molar-refractivity contribution in [1.82, 2.24) is 4.98 Å². The van der Waals surface area contributed by atoms with E-state index in [0.717, 1.165) is 5.13 Å². The van der Waals surface area contributed by atoms with Crippen molar-refractivity contribution in [3.8, 4) is 11.3 Å². The van der Waals surface area contributed by atoms with E-state index in [1.165, 1.54) is 41.7 Å². The summed E-state index contributed by atoms with van der Waals surface area (Å²) in [6, 6.07) is 8.74. The molecule has 3 aromatic rings. The van der Waals surface area contributed by atoms with Crippen LogP contribution in [0.4, 0.5) is 9.52 Å². The molecule has 0 atom stereocenters. The highest BCUT2D eigenvalue weighted by atomic mass is 35.5. The molecular weight excluding hydrogens is 490 g/mol. The Kier molecular flexibility index (Phi) is 6.28. The number of hydrogen-bond donors (Lipinski definition) is 0. The Balaban J connectivity index is 1.48. The van der Waals surface area contributed by atoms with Crippen molar-refractivity contribution in [2.24, 2.45) is 0 Å². The third-order valence-corrected chi connectivity index (χ3v) is 9.10. The van der Waals surface area contributed by atoms with Crippen LogP contribution in [0, 0.1) is 5.82 Å². The van der Waals surface area contributed by atoms with E-state index in [1.807, 2.05) is 10.3 Å². The molecule has 0 radical (unpaired) electrons. The van der Waals surface area contributed by atoms with Gasteiger partial charge >= 0.3 is 0 Å². The molecule has 2 aromatic carbocycles. The number of rotatable bonds is 4. The highest BCUT2D eigenvalue weighted by Crippen LogP contribution is 2.34. The van der Waals surface area contributed by atoms with Gasteiger partial charge in [-0.05, 0) is 49.2 Å². The molecule has 4 rings (SSSR count). The monoisotopic (exact) mass is 504 g/mol. The van der Waals surface area contributed by atoms with Crippen molar-refractivity contribution >= 4 is 61.1 Å². The van der Waals surface area contributed by atoms with E-state index in [2.05, 4.69) is 4.98 Å². The molecule has 1 saturated heterocycles. The highest BCUT2D eigenvalue weighted by molar-refractivity contribution is 7.92. The van der Waals surface area contributed by atoms with Crippen molar-refractivity contribution in [2.45, 2.75) is 23.0 Å². The van der Waals surface area contributed by atoms with Gasteiger partial charge in [0.05, 0.1) is 20.9 Å². The van der Waals surface area contributed by atoms with E-state index in [1.54, 1.807) is 6.07 Å². The number of halogens is 4. The fourth-order valence-electron chi connectivity index (χ4n) is 3.49. The van der Waals surface area contributed by atoms with Crippen LogP contribution < -0.4 is 4.90 Å². The van der Waals surface area contributed by atoms with E-state index in [4.69, 9.17) is 34.8 Å². The van der Waals surface area contributed by atoms with Crippen LogP contribution >= 0.6 is 46.1 Å². The molecular formula is C20H16Cl3FN2O2S2. The van der Waals surface area contributed by atoms with Gasteiger partial charge in [0.15, 0.2) is 15.0 Å². The van der Waals surface area contributed by atoms with Crippen LogP contribution in [0.25, 0.3) is 11.3 Å². The summed E-state index contributed by atoms with van der Waals surface area (Å²) in [7, 11) is -3.55. The lowest BCUT2D eigenvalue weighted by Crippen LogP contribution is -2.39. The Morgan fingerprint density at radius 3 is 2.43 bits per heavy atom. The molecule has 2 heterocycles. The average molecular weight is 506 g/mol. The van der Waals surface area contributed by atoms with Crippen LogP contribution in [0.1, 0.15) is 12.8 Å². The Labute approximate surface area is 193 Å². The summed E-state index contributed by atoms with van der Waals surface area (Å²) < 4.78 is 39.6. The maximum atomic E-state index is 13.6. The smallest absolute Gasteiger partial charge is 0.185 e. The molecule has 30 heavy (non-hydrogen) atoms. The topological polar surface area (TPSA) is 50.3 Å². The largest absolute Gasteiger partial charge is 0.348 e. The first-order valence-corrected chi connectivity index (χ1v) is 12.7. The first-order valence-electron chi connectivity index (χ1n) is 9.10. The van der Waals surface area contributed by atoms with Gasteiger partial charge in [-0.15, -0.1) is 11.3 Å². The van der Waals surface area contributed by atoms with E-state index in [-0.39, 0.29) is 9.92 Å². The maximum absolute atomic E-state index is 13.6. The molecule has 1 fully saturated rings.